The van der Waals surface area contributed by atoms with Crippen LogP contribution in [-0.2, 0) is 11.3 Å². The summed E-state index contributed by atoms with van der Waals surface area (Å²) in [6.45, 7) is 5.29. The molecule has 2 rings (SSSR count). The number of halogens is 1. The minimum atomic E-state index is 0.282. The van der Waals surface area contributed by atoms with Gasteiger partial charge in [0.1, 0.15) is 0 Å². The van der Waals surface area contributed by atoms with E-state index in [0.29, 0.717) is 18.8 Å². The molecule has 1 N–H and O–H groups in total. The van der Waals surface area contributed by atoms with Gasteiger partial charge in [0.05, 0.1) is 12.7 Å². The lowest BCUT2D eigenvalue weighted by molar-refractivity contribution is -0.134. The van der Waals surface area contributed by atoms with Crippen LogP contribution >= 0.6 is 15.9 Å². The van der Waals surface area contributed by atoms with E-state index >= 15 is 0 Å². The molecular formula is C15H22BrNO. The standard InChI is InChI=1S/C15H22BrNO/c1-4-15(2)13(17-3)9-14(15)18-10-11-5-7-12(16)8-6-11/h5-8,13-14,17H,4,9-10H2,1-3H3. The fourth-order valence-corrected chi connectivity index (χ4v) is 3.04. The van der Waals surface area contributed by atoms with Crippen molar-refractivity contribution in [1.29, 1.82) is 0 Å². The fourth-order valence-electron chi connectivity index (χ4n) is 2.77. The Morgan fingerprint density at radius 1 is 1.39 bits per heavy atom. The molecule has 0 amide bonds. The van der Waals surface area contributed by atoms with Crippen molar-refractivity contribution in [1.82, 2.24) is 5.32 Å². The second-order valence-corrected chi connectivity index (χ2v) is 6.28. The summed E-state index contributed by atoms with van der Waals surface area (Å²) in [6.07, 6.45) is 2.66. The third kappa shape index (κ3) is 2.63. The largest absolute Gasteiger partial charge is 0.373 e. The van der Waals surface area contributed by atoms with Crippen LogP contribution in [0.2, 0.25) is 0 Å². The summed E-state index contributed by atoms with van der Waals surface area (Å²) in [7, 11) is 2.05. The first-order chi connectivity index (χ1) is 8.60. The predicted molar refractivity (Wildman–Crippen MR) is 78.6 cm³/mol. The molecule has 1 saturated carbocycles. The SMILES string of the molecule is CCC1(C)C(NC)CC1OCc1ccc(Br)cc1. The van der Waals surface area contributed by atoms with Gasteiger partial charge in [0.15, 0.2) is 0 Å². The van der Waals surface area contributed by atoms with Crippen LogP contribution in [0.25, 0.3) is 0 Å². The summed E-state index contributed by atoms with van der Waals surface area (Å²) < 4.78 is 7.20. The number of hydrogen-bond acceptors (Lipinski definition) is 2. The van der Waals surface area contributed by atoms with Gasteiger partial charge in [-0.15, -0.1) is 0 Å². The third-order valence-corrected chi connectivity index (χ3v) is 4.98. The number of ether oxygens (including phenoxy) is 1. The second kappa shape index (κ2) is 5.72. The molecule has 0 aliphatic heterocycles. The molecule has 1 aliphatic carbocycles. The van der Waals surface area contributed by atoms with Gasteiger partial charge in [-0.3, -0.25) is 0 Å². The van der Waals surface area contributed by atoms with Gasteiger partial charge in [0.25, 0.3) is 0 Å². The van der Waals surface area contributed by atoms with Crippen LogP contribution in [0.4, 0.5) is 0 Å². The molecule has 0 saturated heterocycles. The molecule has 0 radical (unpaired) electrons. The van der Waals surface area contributed by atoms with E-state index in [1.54, 1.807) is 0 Å². The summed E-state index contributed by atoms with van der Waals surface area (Å²) in [5.74, 6) is 0. The maximum Gasteiger partial charge on any atom is 0.0720 e. The topological polar surface area (TPSA) is 21.3 Å². The molecule has 1 aromatic rings. The van der Waals surface area contributed by atoms with Gasteiger partial charge in [-0.1, -0.05) is 41.9 Å². The van der Waals surface area contributed by atoms with Crippen molar-refractivity contribution < 1.29 is 4.74 Å². The lowest BCUT2D eigenvalue weighted by Gasteiger charge is -2.53. The van der Waals surface area contributed by atoms with Crippen LogP contribution in [0.15, 0.2) is 28.7 Å². The van der Waals surface area contributed by atoms with Gasteiger partial charge < -0.3 is 10.1 Å². The molecule has 2 nitrogen and oxygen atoms in total. The molecule has 0 aromatic heterocycles. The minimum absolute atomic E-state index is 0.282. The smallest absolute Gasteiger partial charge is 0.0720 e. The van der Waals surface area contributed by atoms with E-state index in [1.807, 2.05) is 7.05 Å². The zero-order valence-corrected chi connectivity index (χ0v) is 13.0. The van der Waals surface area contributed by atoms with Crippen molar-refractivity contribution in [2.45, 2.75) is 45.4 Å². The average Bonchev–Trinajstić information content (AvgIpc) is 2.39. The Morgan fingerprint density at radius 3 is 2.61 bits per heavy atom. The van der Waals surface area contributed by atoms with Gasteiger partial charge in [-0.2, -0.15) is 0 Å². The fraction of sp³-hybridized carbons (Fsp3) is 0.600. The Kier molecular flexibility index (Phi) is 4.46. The molecule has 1 aliphatic rings. The number of benzene rings is 1. The lowest BCUT2D eigenvalue weighted by Crippen LogP contribution is -2.61. The van der Waals surface area contributed by atoms with E-state index in [9.17, 15) is 0 Å². The van der Waals surface area contributed by atoms with Gasteiger partial charge in [-0.05, 0) is 37.6 Å². The molecule has 3 heteroatoms. The molecule has 0 bridgehead atoms. The Balaban J connectivity index is 1.90. The molecule has 100 valence electrons. The number of rotatable bonds is 5. The van der Waals surface area contributed by atoms with Gasteiger partial charge in [-0.25, -0.2) is 0 Å². The zero-order chi connectivity index (χ0) is 13.2. The molecule has 3 atom stereocenters. The van der Waals surface area contributed by atoms with E-state index < -0.39 is 0 Å². The minimum Gasteiger partial charge on any atom is -0.373 e. The Bertz CT molecular complexity index is 392. The maximum atomic E-state index is 6.09. The highest BCUT2D eigenvalue weighted by atomic mass is 79.9. The van der Waals surface area contributed by atoms with Crippen LogP contribution in [0.1, 0.15) is 32.3 Å². The van der Waals surface area contributed by atoms with Crippen molar-refractivity contribution in [2.75, 3.05) is 7.05 Å². The molecule has 3 unspecified atom stereocenters. The van der Waals surface area contributed by atoms with Crippen molar-refractivity contribution in [3.8, 4) is 0 Å². The first-order valence-corrected chi connectivity index (χ1v) is 7.42. The van der Waals surface area contributed by atoms with Crippen LogP contribution in [-0.4, -0.2) is 19.2 Å². The molecule has 18 heavy (non-hydrogen) atoms. The van der Waals surface area contributed by atoms with Crippen molar-refractivity contribution in [3.63, 3.8) is 0 Å². The Hall–Kier alpha value is -0.380. The van der Waals surface area contributed by atoms with Gasteiger partial charge >= 0.3 is 0 Å². The monoisotopic (exact) mass is 311 g/mol. The zero-order valence-electron chi connectivity index (χ0n) is 11.4. The van der Waals surface area contributed by atoms with Crippen molar-refractivity contribution in [3.05, 3.63) is 34.3 Å². The van der Waals surface area contributed by atoms with Crippen molar-refractivity contribution >= 4 is 15.9 Å². The highest BCUT2D eigenvalue weighted by Gasteiger charge is 2.50. The lowest BCUT2D eigenvalue weighted by atomic mass is 9.61. The quantitative estimate of drug-likeness (QED) is 0.894. The van der Waals surface area contributed by atoms with Crippen LogP contribution in [0.3, 0.4) is 0 Å². The van der Waals surface area contributed by atoms with E-state index in [4.69, 9.17) is 4.74 Å². The van der Waals surface area contributed by atoms with E-state index in [0.717, 1.165) is 17.3 Å². The normalized spacial score (nSPS) is 31.1. The average molecular weight is 312 g/mol. The van der Waals surface area contributed by atoms with Crippen LogP contribution in [0, 0.1) is 5.41 Å². The van der Waals surface area contributed by atoms with Crippen LogP contribution < -0.4 is 5.32 Å². The first-order valence-electron chi connectivity index (χ1n) is 6.63. The molecular weight excluding hydrogens is 290 g/mol. The molecule has 1 aromatic carbocycles. The van der Waals surface area contributed by atoms with Crippen molar-refractivity contribution in [2.24, 2.45) is 5.41 Å². The second-order valence-electron chi connectivity index (χ2n) is 5.36. The molecule has 1 fully saturated rings. The first kappa shape index (κ1) is 14.0. The van der Waals surface area contributed by atoms with Gasteiger partial charge in [0.2, 0.25) is 0 Å². The summed E-state index contributed by atoms with van der Waals surface area (Å²) in [5, 5.41) is 3.39. The summed E-state index contributed by atoms with van der Waals surface area (Å²) >= 11 is 3.45. The summed E-state index contributed by atoms with van der Waals surface area (Å²) in [5.41, 5.74) is 1.52. The molecule has 0 heterocycles. The highest BCUT2D eigenvalue weighted by Crippen LogP contribution is 2.45. The predicted octanol–water partition coefficient (Wildman–Crippen LogP) is 3.74. The number of hydrogen-bond donors (Lipinski definition) is 1. The summed E-state index contributed by atoms with van der Waals surface area (Å²) in [4.78, 5) is 0. The van der Waals surface area contributed by atoms with Crippen LogP contribution in [0.5, 0.6) is 0 Å². The third-order valence-electron chi connectivity index (χ3n) is 4.46. The Labute approximate surface area is 118 Å². The van der Waals surface area contributed by atoms with Gasteiger partial charge in [0, 0.05) is 15.9 Å². The molecule has 0 spiro atoms. The Morgan fingerprint density at radius 2 is 2.06 bits per heavy atom. The van der Waals surface area contributed by atoms with E-state index in [2.05, 4.69) is 59.4 Å². The summed E-state index contributed by atoms with van der Waals surface area (Å²) in [6, 6.07) is 8.95. The maximum absolute atomic E-state index is 6.09. The van der Waals surface area contributed by atoms with E-state index in [-0.39, 0.29) is 5.41 Å². The highest BCUT2D eigenvalue weighted by molar-refractivity contribution is 9.10. The van der Waals surface area contributed by atoms with E-state index in [1.165, 1.54) is 5.56 Å². The number of nitrogens with one attached hydrogen (secondary N) is 1.